The van der Waals surface area contributed by atoms with Crippen molar-refractivity contribution < 1.29 is 4.79 Å². The first-order valence-electron chi connectivity index (χ1n) is 9.28. The van der Waals surface area contributed by atoms with E-state index in [1.165, 1.54) is 19.3 Å². The largest absolute Gasteiger partial charge is 0.339 e. The van der Waals surface area contributed by atoms with E-state index >= 15 is 0 Å². The molecule has 2 N–H and O–H groups in total. The van der Waals surface area contributed by atoms with Crippen molar-refractivity contribution in [3.8, 4) is 0 Å². The van der Waals surface area contributed by atoms with Gasteiger partial charge in [-0.05, 0) is 81.1 Å². The molecule has 0 radical (unpaired) electrons. The van der Waals surface area contributed by atoms with Crippen molar-refractivity contribution in [2.45, 2.75) is 71.8 Å². The molecule has 3 nitrogen and oxygen atoms in total. The summed E-state index contributed by atoms with van der Waals surface area (Å²) >= 11 is 0. The third kappa shape index (κ3) is 2.63. The quantitative estimate of drug-likeness (QED) is 0.834. The van der Waals surface area contributed by atoms with Crippen molar-refractivity contribution >= 4 is 18.3 Å². The Morgan fingerprint density at radius 1 is 1.13 bits per heavy atom. The minimum absolute atomic E-state index is 0. The van der Waals surface area contributed by atoms with Crippen molar-refractivity contribution in [3.63, 3.8) is 0 Å². The van der Waals surface area contributed by atoms with Crippen LogP contribution in [0.5, 0.6) is 0 Å². The van der Waals surface area contributed by atoms with E-state index < -0.39 is 0 Å². The molecule has 1 saturated heterocycles. The fourth-order valence-corrected chi connectivity index (χ4v) is 7.59. The Balaban J connectivity index is 0.00000156. The lowest BCUT2D eigenvalue weighted by Gasteiger charge is -2.65. The molecule has 0 aromatic heterocycles. The van der Waals surface area contributed by atoms with Crippen LogP contribution in [0.2, 0.25) is 0 Å². The Bertz CT molecular complexity index is 490. The number of nitrogens with two attached hydrogens (primary N) is 1. The Hall–Kier alpha value is -0.280. The molecule has 0 spiro atoms. The molecule has 1 heterocycles. The first-order valence-corrected chi connectivity index (χ1v) is 9.28. The van der Waals surface area contributed by atoms with Gasteiger partial charge < -0.3 is 10.6 Å². The Morgan fingerprint density at radius 3 is 2.22 bits per heavy atom. The zero-order valence-corrected chi connectivity index (χ0v) is 15.8. The first-order chi connectivity index (χ1) is 10.3. The van der Waals surface area contributed by atoms with Gasteiger partial charge in [0.1, 0.15) is 0 Å². The van der Waals surface area contributed by atoms with E-state index in [4.69, 9.17) is 5.73 Å². The van der Waals surface area contributed by atoms with Crippen molar-refractivity contribution in [2.24, 2.45) is 33.8 Å². The molecule has 4 unspecified atom stereocenters. The van der Waals surface area contributed by atoms with Crippen LogP contribution in [0.3, 0.4) is 0 Å². The average molecular weight is 341 g/mol. The van der Waals surface area contributed by atoms with Gasteiger partial charge in [-0.2, -0.15) is 0 Å². The molecule has 23 heavy (non-hydrogen) atoms. The van der Waals surface area contributed by atoms with Gasteiger partial charge in [0.2, 0.25) is 5.91 Å². The van der Waals surface area contributed by atoms with Crippen LogP contribution < -0.4 is 5.73 Å². The van der Waals surface area contributed by atoms with Crippen molar-refractivity contribution in [1.82, 2.24) is 4.90 Å². The van der Waals surface area contributed by atoms with Gasteiger partial charge in [0.15, 0.2) is 0 Å². The number of nitrogens with zero attached hydrogens (tertiary/aromatic N) is 1. The molecular formula is C19H33ClN2O. The van der Waals surface area contributed by atoms with Gasteiger partial charge in [-0.1, -0.05) is 13.8 Å². The van der Waals surface area contributed by atoms with E-state index in [0.717, 1.165) is 44.7 Å². The van der Waals surface area contributed by atoms with E-state index in [-0.39, 0.29) is 17.8 Å². The van der Waals surface area contributed by atoms with E-state index in [0.29, 0.717) is 28.7 Å². The number of carbonyl (C=O) groups is 1. The number of rotatable bonds is 2. The van der Waals surface area contributed by atoms with Crippen LogP contribution in [-0.2, 0) is 4.79 Å². The predicted molar refractivity (Wildman–Crippen MR) is 95.4 cm³/mol. The van der Waals surface area contributed by atoms with Crippen molar-refractivity contribution in [2.75, 3.05) is 13.1 Å². The lowest BCUT2D eigenvalue weighted by Crippen LogP contribution is -2.60. The molecule has 1 aliphatic heterocycles. The van der Waals surface area contributed by atoms with Crippen molar-refractivity contribution in [1.29, 1.82) is 0 Å². The van der Waals surface area contributed by atoms with Crippen LogP contribution in [0.25, 0.3) is 0 Å². The molecule has 4 heteroatoms. The van der Waals surface area contributed by atoms with E-state index in [9.17, 15) is 4.79 Å². The topological polar surface area (TPSA) is 46.3 Å². The van der Waals surface area contributed by atoms with E-state index in [1.54, 1.807) is 0 Å². The molecule has 5 fully saturated rings. The van der Waals surface area contributed by atoms with Gasteiger partial charge in [0, 0.05) is 12.6 Å². The fraction of sp³-hybridized carbons (Fsp3) is 0.947. The maximum absolute atomic E-state index is 13.5. The van der Waals surface area contributed by atoms with E-state index in [1.807, 2.05) is 0 Å². The van der Waals surface area contributed by atoms with Gasteiger partial charge in [0.25, 0.3) is 0 Å². The van der Waals surface area contributed by atoms with Crippen LogP contribution in [0.15, 0.2) is 0 Å². The van der Waals surface area contributed by atoms with Crippen LogP contribution >= 0.6 is 12.4 Å². The lowest BCUT2D eigenvalue weighted by molar-refractivity contribution is -0.180. The number of halogens is 1. The second-order valence-electron chi connectivity index (χ2n) is 10.1. The smallest absolute Gasteiger partial charge is 0.229 e. The highest BCUT2D eigenvalue weighted by Crippen LogP contribution is 2.70. The van der Waals surface area contributed by atoms with Crippen LogP contribution in [0, 0.1) is 28.1 Å². The summed E-state index contributed by atoms with van der Waals surface area (Å²) in [6, 6.07) is 0.384. The van der Waals surface area contributed by atoms with Gasteiger partial charge in [-0.15, -0.1) is 12.4 Å². The number of carbonyl (C=O) groups excluding carboxylic acids is 1. The third-order valence-electron chi connectivity index (χ3n) is 7.34. The Kier molecular flexibility index (Phi) is 4.09. The lowest BCUT2D eigenvalue weighted by atomic mass is 9.40. The minimum atomic E-state index is -0.0410. The first kappa shape index (κ1) is 17.5. The molecule has 4 aliphatic carbocycles. The Labute approximate surface area is 147 Å². The summed E-state index contributed by atoms with van der Waals surface area (Å²) in [4.78, 5) is 15.7. The zero-order chi connectivity index (χ0) is 15.8. The van der Waals surface area contributed by atoms with Gasteiger partial charge >= 0.3 is 0 Å². The summed E-state index contributed by atoms with van der Waals surface area (Å²) in [7, 11) is 0. The number of hydrogen-bond acceptors (Lipinski definition) is 2. The molecule has 0 aromatic rings. The highest BCUT2D eigenvalue weighted by atomic mass is 35.5. The summed E-state index contributed by atoms with van der Waals surface area (Å²) in [5.74, 6) is 1.79. The summed E-state index contributed by atoms with van der Waals surface area (Å²) in [5.41, 5.74) is 6.66. The second kappa shape index (κ2) is 5.36. The minimum Gasteiger partial charge on any atom is -0.339 e. The molecule has 5 rings (SSSR count). The molecule has 5 aliphatic rings. The highest BCUT2D eigenvalue weighted by molar-refractivity contribution is 5.85. The number of amides is 1. The highest BCUT2D eigenvalue weighted by Gasteiger charge is 2.63. The SMILES string of the molecule is CC1CC(CN)CN1C(=O)C12CC3CC(C)(CC(C)(C3)C1)C2.Cl. The number of likely N-dealkylation sites (tertiary alicyclic amines) is 1. The average Bonchev–Trinajstić information content (AvgIpc) is 2.74. The predicted octanol–water partition coefficient (Wildman–Crippen LogP) is 3.60. The van der Waals surface area contributed by atoms with Crippen LogP contribution in [0.1, 0.15) is 65.7 Å². The second-order valence-corrected chi connectivity index (χ2v) is 10.1. The molecule has 0 aromatic carbocycles. The van der Waals surface area contributed by atoms with Crippen LogP contribution in [-0.4, -0.2) is 29.9 Å². The summed E-state index contributed by atoms with van der Waals surface area (Å²) in [6.45, 7) is 8.74. The maximum Gasteiger partial charge on any atom is 0.229 e. The molecule has 4 bridgehead atoms. The van der Waals surface area contributed by atoms with E-state index in [2.05, 4.69) is 25.7 Å². The maximum atomic E-state index is 13.5. The molecular weight excluding hydrogens is 308 g/mol. The van der Waals surface area contributed by atoms with Gasteiger partial charge in [0.05, 0.1) is 5.41 Å². The monoisotopic (exact) mass is 340 g/mol. The third-order valence-corrected chi connectivity index (χ3v) is 7.34. The normalized spacial score (nSPS) is 51.0. The summed E-state index contributed by atoms with van der Waals surface area (Å²) < 4.78 is 0. The standard InChI is InChI=1S/C19H32N2O.ClH/c1-13-4-14(8-20)9-21(13)16(22)19-7-15-5-17(2,11-19)10-18(3,6-15)12-19;/h13-15H,4-12,20H2,1-3H3;1H. The fourth-order valence-electron chi connectivity index (χ4n) is 7.59. The molecule has 4 saturated carbocycles. The molecule has 132 valence electrons. The van der Waals surface area contributed by atoms with Gasteiger partial charge in [-0.25, -0.2) is 0 Å². The Morgan fingerprint density at radius 2 is 1.74 bits per heavy atom. The molecule has 1 amide bonds. The molecule has 4 atom stereocenters. The van der Waals surface area contributed by atoms with Gasteiger partial charge in [-0.3, -0.25) is 4.79 Å². The summed E-state index contributed by atoms with van der Waals surface area (Å²) in [6.07, 6.45) is 8.59. The van der Waals surface area contributed by atoms with Crippen LogP contribution in [0.4, 0.5) is 0 Å². The van der Waals surface area contributed by atoms with Crippen molar-refractivity contribution in [3.05, 3.63) is 0 Å². The number of hydrogen-bond donors (Lipinski definition) is 1. The summed E-state index contributed by atoms with van der Waals surface area (Å²) in [5, 5.41) is 0. The zero-order valence-electron chi connectivity index (χ0n) is 14.9.